The van der Waals surface area contributed by atoms with E-state index in [4.69, 9.17) is 9.73 Å². The van der Waals surface area contributed by atoms with Crippen LogP contribution in [0, 0.1) is 5.92 Å². The number of para-hydroxylation sites is 1. The third-order valence-electron chi connectivity index (χ3n) is 5.72. The van der Waals surface area contributed by atoms with Gasteiger partial charge in [0.2, 0.25) is 0 Å². The van der Waals surface area contributed by atoms with E-state index in [1.165, 1.54) is 32.1 Å². The molecule has 0 amide bonds. The lowest BCUT2D eigenvalue weighted by molar-refractivity contribution is 0.297. The first-order valence-corrected chi connectivity index (χ1v) is 11.5. The van der Waals surface area contributed by atoms with Gasteiger partial charge in [-0.05, 0) is 44.6 Å². The van der Waals surface area contributed by atoms with Crippen molar-refractivity contribution in [3.8, 4) is 5.75 Å². The molecule has 2 aliphatic rings. The zero-order chi connectivity index (χ0) is 20.6. The van der Waals surface area contributed by atoms with Crippen molar-refractivity contribution in [2.24, 2.45) is 10.9 Å². The Hall–Kier alpha value is -2.57. The van der Waals surface area contributed by atoms with Gasteiger partial charge in [-0.3, -0.25) is 0 Å². The maximum Gasteiger partial charge on any atom is 0.191 e. The van der Waals surface area contributed by atoms with Crippen molar-refractivity contribution in [1.82, 2.24) is 25.4 Å². The number of rotatable bonds is 9. The topological polar surface area (TPSA) is 76.4 Å². The van der Waals surface area contributed by atoms with Gasteiger partial charge in [-0.25, -0.2) is 4.99 Å². The van der Waals surface area contributed by atoms with E-state index >= 15 is 0 Å². The number of aromatic nitrogens is 3. The molecule has 1 aliphatic heterocycles. The molecule has 7 nitrogen and oxygen atoms in total. The molecule has 1 aromatic heterocycles. The Bertz CT molecular complexity index is 842. The van der Waals surface area contributed by atoms with Crippen molar-refractivity contribution in [1.29, 1.82) is 0 Å². The smallest absolute Gasteiger partial charge is 0.191 e. The zero-order valence-corrected chi connectivity index (χ0v) is 18.1. The second-order valence-electron chi connectivity index (χ2n) is 8.23. The molecule has 162 valence electrons. The molecule has 0 bridgehead atoms. The SMILES string of the molecule is CCNC(=NCc1ccccc1OCC1CC1)NCCc1nnc2n1CCCCC2. The van der Waals surface area contributed by atoms with Crippen LogP contribution in [0.3, 0.4) is 0 Å². The van der Waals surface area contributed by atoms with Gasteiger partial charge in [0.25, 0.3) is 0 Å². The molecule has 0 atom stereocenters. The summed E-state index contributed by atoms with van der Waals surface area (Å²) in [6, 6.07) is 8.22. The van der Waals surface area contributed by atoms with Gasteiger partial charge in [-0.15, -0.1) is 10.2 Å². The first kappa shape index (κ1) is 20.7. The van der Waals surface area contributed by atoms with E-state index in [1.807, 2.05) is 18.2 Å². The highest BCUT2D eigenvalue weighted by Gasteiger charge is 2.22. The number of guanidine groups is 1. The third kappa shape index (κ3) is 5.74. The fourth-order valence-corrected chi connectivity index (χ4v) is 3.80. The first-order chi connectivity index (χ1) is 14.8. The molecule has 1 aliphatic carbocycles. The Labute approximate surface area is 179 Å². The molecule has 0 saturated heterocycles. The number of hydrogen-bond donors (Lipinski definition) is 2. The van der Waals surface area contributed by atoms with Crippen LogP contribution in [0.4, 0.5) is 0 Å². The fraction of sp³-hybridized carbons (Fsp3) is 0.609. The van der Waals surface area contributed by atoms with Gasteiger partial charge in [0.1, 0.15) is 17.4 Å². The minimum Gasteiger partial charge on any atom is -0.493 e. The maximum atomic E-state index is 6.02. The van der Waals surface area contributed by atoms with Crippen molar-refractivity contribution in [3.63, 3.8) is 0 Å². The number of hydrogen-bond acceptors (Lipinski definition) is 4. The van der Waals surface area contributed by atoms with Crippen LogP contribution in [-0.4, -0.2) is 40.4 Å². The summed E-state index contributed by atoms with van der Waals surface area (Å²) in [6.07, 6.45) is 8.21. The average molecular weight is 411 g/mol. The van der Waals surface area contributed by atoms with Gasteiger partial charge >= 0.3 is 0 Å². The average Bonchev–Trinajstić information content (AvgIpc) is 3.56. The predicted molar refractivity (Wildman–Crippen MR) is 119 cm³/mol. The number of ether oxygens (including phenoxy) is 1. The molecule has 7 heteroatoms. The molecule has 1 aromatic carbocycles. The largest absolute Gasteiger partial charge is 0.493 e. The molecule has 2 heterocycles. The van der Waals surface area contributed by atoms with E-state index in [0.29, 0.717) is 6.54 Å². The predicted octanol–water partition coefficient (Wildman–Crippen LogP) is 3.09. The fourth-order valence-electron chi connectivity index (χ4n) is 3.80. The monoisotopic (exact) mass is 410 g/mol. The summed E-state index contributed by atoms with van der Waals surface area (Å²) in [4.78, 5) is 4.78. The quantitative estimate of drug-likeness (QED) is 0.491. The highest BCUT2D eigenvalue weighted by Crippen LogP contribution is 2.30. The molecule has 0 radical (unpaired) electrons. The second kappa shape index (κ2) is 10.5. The highest BCUT2D eigenvalue weighted by atomic mass is 16.5. The van der Waals surface area contributed by atoms with E-state index in [0.717, 1.165) is 73.9 Å². The van der Waals surface area contributed by atoms with Crippen LogP contribution >= 0.6 is 0 Å². The number of benzene rings is 1. The summed E-state index contributed by atoms with van der Waals surface area (Å²) in [5.74, 6) is 4.74. The minimum atomic E-state index is 0.594. The summed E-state index contributed by atoms with van der Waals surface area (Å²) in [6.45, 7) is 6.15. The number of fused-ring (bicyclic) bond motifs is 1. The Morgan fingerprint density at radius 3 is 2.93 bits per heavy atom. The summed E-state index contributed by atoms with van der Waals surface area (Å²) in [5.41, 5.74) is 1.12. The number of aryl methyl sites for hydroxylation is 1. The van der Waals surface area contributed by atoms with Gasteiger partial charge < -0.3 is 19.9 Å². The lowest BCUT2D eigenvalue weighted by Gasteiger charge is -2.13. The van der Waals surface area contributed by atoms with Gasteiger partial charge in [0.05, 0.1) is 13.2 Å². The molecule has 1 fully saturated rings. The van der Waals surface area contributed by atoms with Crippen LogP contribution in [0.15, 0.2) is 29.3 Å². The maximum absolute atomic E-state index is 6.02. The first-order valence-electron chi connectivity index (χ1n) is 11.5. The van der Waals surface area contributed by atoms with Crippen molar-refractivity contribution >= 4 is 5.96 Å². The van der Waals surface area contributed by atoms with Crippen molar-refractivity contribution in [2.45, 2.75) is 65.0 Å². The van der Waals surface area contributed by atoms with Gasteiger partial charge in [0, 0.05) is 38.0 Å². The summed E-state index contributed by atoms with van der Waals surface area (Å²) < 4.78 is 8.33. The van der Waals surface area contributed by atoms with E-state index in [9.17, 15) is 0 Å². The molecule has 0 spiro atoms. The molecule has 0 unspecified atom stereocenters. The lowest BCUT2D eigenvalue weighted by Crippen LogP contribution is -2.38. The van der Waals surface area contributed by atoms with Gasteiger partial charge in [0.15, 0.2) is 5.96 Å². The van der Waals surface area contributed by atoms with Crippen LogP contribution < -0.4 is 15.4 Å². The molecule has 2 N–H and O–H groups in total. The Balaban J connectivity index is 1.32. The van der Waals surface area contributed by atoms with Crippen molar-refractivity contribution < 1.29 is 4.74 Å². The van der Waals surface area contributed by atoms with E-state index in [2.05, 4.69) is 38.4 Å². The van der Waals surface area contributed by atoms with E-state index in [1.54, 1.807) is 0 Å². The molecule has 1 saturated carbocycles. The Kier molecular flexibility index (Phi) is 7.21. The lowest BCUT2D eigenvalue weighted by atomic mass is 10.2. The van der Waals surface area contributed by atoms with E-state index < -0.39 is 0 Å². The molecule has 4 rings (SSSR count). The van der Waals surface area contributed by atoms with Gasteiger partial charge in [-0.2, -0.15) is 0 Å². The minimum absolute atomic E-state index is 0.594. The number of nitrogens with one attached hydrogen (secondary N) is 2. The van der Waals surface area contributed by atoms with Crippen LogP contribution in [0.5, 0.6) is 5.75 Å². The van der Waals surface area contributed by atoms with Crippen LogP contribution in [0.2, 0.25) is 0 Å². The summed E-state index contributed by atoms with van der Waals surface area (Å²) in [5, 5.41) is 15.6. The zero-order valence-electron chi connectivity index (χ0n) is 18.1. The van der Waals surface area contributed by atoms with Gasteiger partial charge in [-0.1, -0.05) is 24.6 Å². The standard InChI is InChI=1S/C23H34N6O/c1-2-24-23(25-14-13-22-28-27-21-10-4-3-7-15-29(21)22)26-16-19-8-5-6-9-20(19)30-17-18-11-12-18/h5-6,8-9,18H,2-4,7,10-17H2,1H3,(H2,24,25,26). The Morgan fingerprint density at radius 1 is 1.17 bits per heavy atom. The normalized spacial score (nSPS) is 16.6. The molecule has 2 aromatic rings. The van der Waals surface area contributed by atoms with E-state index in [-0.39, 0.29) is 0 Å². The molecular formula is C23H34N6O. The third-order valence-corrected chi connectivity index (χ3v) is 5.72. The number of nitrogens with zero attached hydrogens (tertiary/aromatic N) is 4. The van der Waals surface area contributed by atoms with Crippen LogP contribution in [0.25, 0.3) is 0 Å². The molecule has 30 heavy (non-hydrogen) atoms. The summed E-state index contributed by atoms with van der Waals surface area (Å²) in [7, 11) is 0. The number of aliphatic imine (C=N–C) groups is 1. The second-order valence-corrected chi connectivity index (χ2v) is 8.23. The van der Waals surface area contributed by atoms with Crippen LogP contribution in [-0.2, 0) is 25.9 Å². The Morgan fingerprint density at radius 2 is 2.07 bits per heavy atom. The summed E-state index contributed by atoms with van der Waals surface area (Å²) >= 11 is 0. The van der Waals surface area contributed by atoms with Crippen molar-refractivity contribution in [2.75, 3.05) is 19.7 Å². The van der Waals surface area contributed by atoms with Crippen LogP contribution in [0.1, 0.15) is 56.2 Å². The van der Waals surface area contributed by atoms with Crippen molar-refractivity contribution in [3.05, 3.63) is 41.5 Å². The highest BCUT2D eigenvalue weighted by molar-refractivity contribution is 5.79. The molecular weight excluding hydrogens is 376 g/mol.